The highest BCUT2D eigenvalue weighted by molar-refractivity contribution is 5.84. The van der Waals surface area contributed by atoms with E-state index >= 15 is 0 Å². The molecule has 0 fully saturated rings. The van der Waals surface area contributed by atoms with Gasteiger partial charge in [0.15, 0.2) is 0 Å². The van der Waals surface area contributed by atoms with Crippen LogP contribution in [0.4, 0.5) is 0 Å². The first-order valence-electron chi connectivity index (χ1n) is 10.4. The summed E-state index contributed by atoms with van der Waals surface area (Å²) in [7, 11) is 1.63. The van der Waals surface area contributed by atoms with Gasteiger partial charge in [-0.2, -0.15) is 5.10 Å². The van der Waals surface area contributed by atoms with E-state index in [1.165, 1.54) is 4.68 Å². The molecule has 7 heteroatoms. The monoisotopic (exact) mass is 436 g/mol. The minimum Gasteiger partial charge on any atom is -0.457 e. The highest BCUT2D eigenvalue weighted by Crippen LogP contribution is 2.37. The number of hydrogen-bond donors (Lipinski definition) is 0. The average molecular weight is 436 g/mol. The van der Waals surface area contributed by atoms with Crippen molar-refractivity contribution in [2.45, 2.75) is 6.92 Å². The molecular formula is C26H20N4O3. The Kier molecular flexibility index (Phi) is 5.28. The lowest BCUT2D eigenvalue weighted by atomic mass is 9.98. The summed E-state index contributed by atoms with van der Waals surface area (Å²) in [4.78, 5) is 12.6. The first kappa shape index (κ1) is 20.4. The van der Waals surface area contributed by atoms with Gasteiger partial charge in [-0.25, -0.2) is 4.68 Å². The molecule has 0 radical (unpaired) electrons. The molecule has 0 amide bonds. The van der Waals surface area contributed by atoms with Gasteiger partial charge in [0.25, 0.3) is 5.56 Å². The zero-order valence-electron chi connectivity index (χ0n) is 18.1. The van der Waals surface area contributed by atoms with E-state index in [2.05, 4.69) is 15.3 Å². The lowest BCUT2D eigenvalue weighted by molar-refractivity contribution is 0.484. The third-order valence-electron chi connectivity index (χ3n) is 5.15. The second-order valence-corrected chi connectivity index (χ2v) is 7.49. The SMILES string of the molecule is Cc1nnc(-c2cccc(-c3cc(=O)n(C)nc3-c3ccccc3Oc3ccccc3)c2)o1. The molecule has 0 unspecified atom stereocenters. The first-order valence-corrected chi connectivity index (χ1v) is 10.4. The van der Waals surface area contributed by atoms with E-state index in [-0.39, 0.29) is 5.56 Å². The van der Waals surface area contributed by atoms with Crippen molar-refractivity contribution in [2.75, 3.05) is 0 Å². The second kappa shape index (κ2) is 8.55. The van der Waals surface area contributed by atoms with Gasteiger partial charge < -0.3 is 9.15 Å². The molecule has 0 bridgehead atoms. The summed E-state index contributed by atoms with van der Waals surface area (Å²) < 4.78 is 13.1. The van der Waals surface area contributed by atoms with Crippen molar-refractivity contribution in [3.8, 4) is 45.3 Å². The standard InChI is InChI=1S/C26H20N4O3/c1-17-27-28-26(32-17)19-10-8-9-18(15-19)22-16-24(31)30(2)29-25(22)21-13-6-7-14-23(21)33-20-11-4-3-5-12-20/h3-16H,1-2H3. The summed E-state index contributed by atoms with van der Waals surface area (Å²) in [5, 5.41) is 12.6. The molecule has 0 N–H and O–H groups in total. The molecule has 0 spiro atoms. The molecule has 0 saturated carbocycles. The Labute approximate surface area is 189 Å². The fraction of sp³-hybridized carbons (Fsp3) is 0.0769. The van der Waals surface area contributed by atoms with Gasteiger partial charge in [0.05, 0.1) is 0 Å². The topological polar surface area (TPSA) is 83.0 Å². The van der Waals surface area contributed by atoms with Crippen LogP contribution < -0.4 is 10.3 Å². The van der Waals surface area contributed by atoms with Gasteiger partial charge in [-0.3, -0.25) is 4.79 Å². The largest absolute Gasteiger partial charge is 0.457 e. The van der Waals surface area contributed by atoms with Crippen LogP contribution in [0.15, 0.2) is 94.1 Å². The van der Waals surface area contributed by atoms with E-state index in [1.807, 2.05) is 78.9 Å². The number of nitrogens with zero attached hydrogens (tertiary/aromatic N) is 4. The quantitative estimate of drug-likeness (QED) is 0.373. The minimum absolute atomic E-state index is 0.214. The molecule has 7 nitrogen and oxygen atoms in total. The Balaban J connectivity index is 1.66. The maximum absolute atomic E-state index is 12.6. The number of rotatable bonds is 5. The molecule has 5 aromatic rings. The molecule has 0 aliphatic rings. The summed E-state index contributed by atoms with van der Waals surface area (Å²) in [6, 6.07) is 26.4. The third kappa shape index (κ3) is 4.16. The van der Waals surface area contributed by atoms with Crippen LogP contribution in [-0.2, 0) is 7.05 Å². The maximum Gasteiger partial charge on any atom is 0.267 e. The summed E-state index contributed by atoms with van der Waals surface area (Å²) in [6.45, 7) is 1.74. The summed E-state index contributed by atoms with van der Waals surface area (Å²) in [5.74, 6) is 2.25. The minimum atomic E-state index is -0.214. The lowest BCUT2D eigenvalue weighted by Gasteiger charge is -2.15. The van der Waals surface area contributed by atoms with Gasteiger partial charge in [-0.1, -0.05) is 42.5 Å². The van der Waals surface area contributed by atoms with Crippen molar-refractivity contribution in [1.82, 2.24) is 20.0 Å². The normalized spacial score (nSPS) is 10.8. The van der Waals surface area contributed by atoms with E-state index in [1.54, 1.807) is 20.0 Å². The van der Waals surface area contributed by atoms with E-state index in [4.69, 9.17) is 9.15 Å². The van der Waals surface area contributed by atoms with Gasteiger partial charge in [-0.05, 0) is 42.0 Å². The molecule has 0 atom stereocenters. The van der Waals surface area contributed by atoms with Crippen LogP contribution >= 0.6 is 0 Å². The molecule has 2 heterocycles. The molecule has 33 heavy (non-hydrogen) atoms. The zero-order valence-corrected chi connectivity index (χ0v) is 18.1. The molecule has 3 aromatic carbocycles. The van der Waals surface area contributed by atoms with Gasteiger partial charge in [-0.15, -0.1) is 10.2 Å². The number of ether oxygens (including phenoxy) is 1. The van der Waals surface area contributed by atoms with E-state index < -0.39 is 0 Å². The number of aromatic nitrogens is 4. The lowest BCUT2D eigenvalue weighted by Crippen LogP contribution is -2.19. The van der Waals surface area contributed by atoms with Crippen molar-refractivity contribution >= 4 is 0 Å². The number of benzene rings is 3. The van der Waals surface area contributed by atoms with Crippen molar-refractivity contribution in [2.24, 2.45) is 7.05 Å². The van der Waals surface area contributed by atoms with Crippen molar-refractivity contribution in [3.05, 3.63) is 101 Å². The zero-order chi connectivity index (χ0) is 22.8. The summed E-state index contributed by atoms with van der Waals surface area (Å²) >= 11 is 0. The summed E-state index contributed by atoms with van der Waals surface area (Å²) in [5.41, 5.74) is 3.43. The second-order valence-electron chi connectivity index (χ2n) is 7.49. The Morgan fingerprint density at radius 1 is 0.818 bits per heavy atom. The van der Waals surface area contributed by atoms with Crippen molar-refractivity contribution < 1.29 is 9.15 Å². The van der Waals surface area contributed by atoms with Gasteiger partial charge >= 0.3 is 0 Å². The van der Waals surface area contributed by atoms with Gasteiger partial charge in [0.2, 0.25) is 11.8 Å². The van der Waals surface area contributed by atoms with Crippen LogP contribution in [0.3, 0.4) is 0 Å². The van der Waals surface area contributed by atoms with Crippen LogP contribution in [0.5, 0.6) is 11.5 Å². The Morgan fingerprint density at radius 2 is 1.58 bits per heavy atom. The van der Waals surface area contributed by atoms with Gasteiger partial charge in [0, 0.05) is 36.7 Å². The molecule has 0 aliphatic heterocycles. The van der Waals surface area contributed by atoms with E-state index in [0.29, 0.717) is 34.5 Å². The Bertz CT molecular complexity index is 1490. The third-order valence-corrected chi connectivity index (χ3v) is 5.15. The summed E-state index contributed by atoms with van der Waals surface area (Å²) in [6.07, 6.45) is 0. The van der Waals surface area contributed by atoms with Crippen molar-refractivity contribution in [3.63, 3.8) is 0 Å². The highest BCUT2D eigenvalue weighted by atomic mass is 16.5. The molecule has 0 saturated heterocycles. The van der Waals surface area contributed by atoms with Crippen molar-refractivity contribution in [1.29, 1.82) is 0 Å². The first-order chi connectivity index (χ1) is 16.1. The smallest absolute Gasteiger partial charge is 0.267 e. The van der Waals surface area contributed by atoms with Crippen LogP contribution in [-0.4, -0.2) is 20.0 Å². The van der Waals surface area contributed by atoms with Crippen LogP contribution in [0, 0.1) is 6.92 Å². The number of aryl methyl sites for hydroxylation is 2. The Hall–Kier alpha value is -4.52. The number of hydrogen-bond acceptors (Lipinski definition) is 6. The van der Waals surface area contributed by atoms with Crippen LogP contribution in [0.1, 0.15) is 5.89 Å². The molecule has 0 aliphatic carbocycles. The predicted molar refractivity (Wildman–Crippen MR) is 125 cm³/mol. The van der Waals surface area contributed by atoms with E-state index in [0.717, 1.165) is 16.7 Å². The Morgan fingerprint density at radius 3 is 2.36 bits per heavy atom. The highest BCUT2D eigenvalue weighted by Gasteiger charge is 2.17. The van der Waals surface area contributed by atoms with Gasteiger partial charge in [0.1, 0.15) is 17.2 Å². The van der Waals surface area contributed by atoms with Crippen LogP contribution in [0.25, 0.3) is 33.8 Å². The maximum atomic E-state index is 12.6. The molecular weight excluding hydrogens is 416 g/mol. The predicted octanol–water partition coefficient (Wildman–Crippen LogP) is 5.27. The molecule has 162 valence electrons. The molecule has 5 rings (SSSR count). The average Bonchev–Trinajstić information content (AvgIpc) is 3.28. The fourth-order valence-corrected chi connectivity index (χ4v) is 3.56. The van der Waals surface area contributed by atoms with Crippen LogP contribution in [0.2, 0.25) is 0 Å². The van der Waals surface area contributed by atoms with E-state index in [9.17, 15) is 4.79 Å². The number of para-hydroxylation sites is 2. The fourth-order valence-electron chi connectivity index (χ4n) is 3.56. The molecule has 2 aromatic heterocycles.